The number of rotatable bonds is 11. The van der Waals surface area contributed by atoms with Gasteiger partial charge in [-0.3, -0.25) is 0 Å². The van der Waals surface area contributed by atoms with E-state index in [1.54, 1.807) is 7.11 Å². The predicted octanol–water partition coefficient (Wildman–Crippen LogP) is 6.72. The van der Waals surface area contributed by atoms with Gasteiger partial charge >= 0.3 is 0 Å². The molecule has 0 N–H and O–H groups in total. The van der Waals surface area contributed by atoms with Crippen LogP contribution in [0.1, 0.15) is 48.5 Å². The molecule has 0 fully saturated rings. The fraction of sp³-hybridized carbons (Fsp3) is 0.818. The summed E-state index contributed by atoms with van der Waals surface area (Å²) in [7, 11) is -1.91. The van der Waals surface area contributed by atoms with Gasteiger partial charge in [-0.25, -0.2) is 0 Å². The molecule has 0 aliphatic rings. The minimum Gasteiger partial charge on any atom is -0.520 e. The second-order valence-electron chi connectivity index (χ2n) is 10.3. The Kier molecular flexibility index (Phi) is 10.2. The van der Waals surface area contributed by atoms with Crippen molar-refractivity contribution in [3.8, 4) is 0 Å². The third-order valence-corrected chi connectivity index (χ3v) is 10.8. The van der Waals surface area contributed by atoms with Crippen LogP contribution in [0.25, 0.3) is 0 Å². The Morgan fingerprint density at radius 2 is 1.54 bits per heavy atom. The van der Waals surface area contributed by atoms with E-state index in [1.807, 2.05) is 19.9 Å². The summed E-state index contributed by atoms with van der Waals surface area (Å²) in [5.41, 5.74) is 0.951. The van der Waals surface area contributed by atoms with Crippen molar-refractivity contribution in [2.75, 3.05) is 7.11 Å². The first kappa shape index (κ1) is 27.4. The van der Waals surface area contributed by atoms with Crippen LogP contribution >= 0.6 is 0 Å². The van der Waals surface area contributed by atoms with E-state index in [9.17, 15) is 0 Å². The topological polar surface area (TPSA) is 36.9 Å². The summed E-state index contributed by atoms with van der Waals surface area (Å²) in [6.07, 6.45) is 1.52. The molecule has 0 aromatic rings. The van der Waals surface area contributed by atoms with Gasteiger partial charge in [-0.15, -0.1) is 0 Å². The number of hydrogen-bond donors (Lipinski definition) is 0. The van der Waals surface area contributed by atoms with Gasteiger partial charge in [0.25, 0.3) is 5.95 Å². The highest BCUT2D eigenvalue weighted by molar-refractivity contribution is 6.74. The lowest BCUT2D eigenvalue weighted by atomic mass is 9.91. The summed E-state index contributed by atoms with van der Waals surface area (Å²) in [5.74, 6) is 0.634. The van der Waals surface area contributed by atoms with Gasteiger partial charge in [-0.2, -0.15) is 0 Å². The fourth-order valence-electron chi connectivity index (χ4n) is 2.95. The molecule has 4 nitrogen and oxygen atoms in total. The van der Waals surface area contributed by atoms with Gasteiger partial charge in [-0.1, -0.05) is 34.3 Å². The van der Waals surface area contributed by atoms with E-state index in [0.29, 0.717) is 5.95 Å². The Bertz CT molecular complexity index is 530. The first-order chi connectivity index (χ1) is 12.5. The summed E-state index contributed by atoms with van der Waals surface area (Å²) in [6, 6.07) is 0. The quantitative estimate of drug-likeness (QED) is 0.207. The molecule has 28 heavy (non-hydrogen) atoms. The van der Waals surface area contributed by atoms with Crippen LogP contribution in [-0.2, 0) is 18.3 Å². The number of allylic oxidation sites excluding steroid dienone is 1. The van der Waals surface area contributed by atoms with Crippen molar-refractivity contribution >= 4 is 16.6 Å². The van der Waals surface area contributed by atoms with E-state index in [4.69, 9.17) is 18.3 Å². The Labute approximate surface area is 176 Å². The van der Waals surface area contributed by atoms with E-state index in [2.05, 4.69) is 73.9 Å². The highest BCUT2D eigenvalue weighted by Gasteiger charge is 2.42. The summed E-state index contributed by atoms with van der Waals surface area (Å²) in [4.78, 5) is 0. The van der Waals surface area contributed by atoms with Crippen LogP contribution in [-0.4, -0.2) is 42.1 Å². The third-order valence-electron chi connectivity index (χ3n) is 5.39. The van der Waals surface area contributed by atoms with Crippen molar-refractivity contribution < 1.29 is 18.3 Å². The molecule has 6 heteroatoms. The van der Waals surface area contributed by atoms with Crippen LogP contribution in [0.15, 0.2) is 24.2 Å². The third kappa shape index (κ3) is 8.43. The van der Waals surface area contributed by atoms with Crippen molar-refractivity contribution in [1.82, 2.24) is 0 Å². The SMILES string of the molecule is C=C(C)[C@H](O/C(=C/C)O[Si](C)(C)C)[C@@H](C)[C@@H](OC)[C@@H](C)O[Si](C)(C)C(C)(C)C. The fourth-order valence-corrected chi connectivity index (χ4v) is 5.14. The second kappa shape index (κ2) is 10.5. The average Bonchev–Trinajstić information content (AvgIpc) is 2.48. The molecule has 0 heterocycles. The zero-order valence-corrected chi connectivity index (χ0v) is 22.7. The van der Waals surface area contributed by atoms with Crippen LogP contribution in [0, 0.1) is 5.92 Å². The van der Waals surface area contributed by atoms with Crippen molar-refractivity contribution in [3.05, 3.63) is 24.2 Å². The zero-order chi connectivity index (χ0) is 22.5. The van der Waals surface area contributed by atoms with E-state index in [0.717, 1.165) is 5.57 Å². The minimum absolute atomic E-state index is 0.0432. The molecule has 0 aromatic heterocycles. The van der Waals surface area contributed by atoms with Gasteiger partial charge in [-0.05, 0) is 70.2 Å². The van der Waals surface area contributed by atoms with Crippen LogP contribution in [0.5, 0.6) is 0 Å². The van der Waals surface area contributed by atoms with Gasteiger partial charge < -0.3 is 18.3 Å². The first-order valence-electron chi connectivity index (χ1n) is 10.3. The Morgan fingerprint density at radius 1 is 1.04 bits per heavy atom. The molecular weight excluding hydrogens is 384 g/mol. The van der Waals surface area contributed by atoms with E-state index < -0.39 is 16.6 Å². The molecule has 0 saturated carbocycles. The van der Waals surface area contributed by atoms with Crippen molar-refractivity contribution in [2.24, 2.45) is 5.92 Å². The lowest BCUT2D eigenvalue weighted by Crippen LogP contribution is -2.49. The maximum Gasteiger partial charge on any atom is 0.261 e. The molecule has 0 saturated heterocycles. The Hall–Kier alpha value is -0.566. The van der Waals surface area contributed by atoms with Gasteiger partial charge in [0.1, 0.15) is 6.10 Å². The lowest BCUT2D eigenvalue weighted by molar-refractivity contribution is -0.0718. The number of hydrogen-bond acceptors (Lipinski definition) is 4. The van der Waals surface area contributed by atoms with Crippen molar-refractivity contribution in [2.45, 2.75) is 105 Å². The molecule has 0 unspecified atom stereocenters. The molecule has 0 spiro atoms. The Morgan fingerprint density at radius 3 is 1.86 bits per heavy atom. The molecule has 0 radical (unpaired) electrons. The van der Waals surface area contributed by atoms with Gasteiger partial charge in [0, 0.05) is 13.0 Å². The lowest BCUT2D eigenvalue weighted by Gasteiger charge is -2.42. The summed E-state index contributed by atoms with van der Waals surface area (Å²) in [5, 5.41) is 0.149. The van der Waals surface area contributed by atoms with Crippen LogP contribution < -0.4 is 0 Å². The van der Waals surface area contributed by atoms with Crippen molar-refractivity contribution in [1.29, 1.82) is 0 Å². The Balaban J connectivity index is 5.50. The van der Waals surface area contributed by atoms with Crippen LogP contribution in [0.2, 0.25) is 37.8 Å². The number of ether oxygens (including phenoxy) is 2. The smallest absolute Gasteiger partial charge is 0.261 e. The minimum atomic E-state index is -1.90. The summed E-state index contributed by atoms with van der Waals surface area (Å²) in [6.45, 7) is 30.1. The van der Waals surface area contributed by atoms with E-state index in [-0.39, 0.29) is 29.3 Å². The molecule has 0 aliphatic heterocycles. The highest BCUT2D eigenvalue weighted by atomic mass is 28.4. The van der Waals surface area contributed by atoms with Crippen molar-refractivity contribution in [3.63, 3.8) is 0 Å². The highest BCUT2D eigenvalue weighted by Crippen LogP contribution is 2.38. The molecule has 0 rings (SSSR count). The first-order valence-corrected chi connectivity index (χ1v) is 16.7. The van der Waals surface area contributed by atoms with Gasteiger partial charge in [0.05, 0.1) is 12.2 Å². The summed E-state index contributed by atoms with van der Waals surface area (Å²) < 4.78 is 24.9. The van der Waals surface area contributed by atoms with E-state index >= 15 is 0 Å². The largest absolute Gasteiger partial charge is 0.520 e. The average molecular weight is 431 g/mol. The second-order valence-corrected chi connectivity index (χ2v) is 19.5. The van der Waals surface area contributed by atoms with Crippen LogP contribution in [0.3, 0.4) is 0 Å². The molecule has 0 amide bonds. The van der Waals surface area contributed by atoms with Gasteiger partial charge in [0.15, 0.2) is 8.32 Å². The van der Waals surface area contributed by atoms with Crippen LogP contribution in [0.4, 0.5) is 0 Å². The zero-order valence-electron chi connectivity index (χ0n) is 20.7. The summed E-state index contributed by atoms with van der Waals surface area (Å²) >= 11 is 0. The maximum atomic E-state index is 6.61. The molecule has 166 valence electrons. The normalized spacial score (nSPS) is 18.2. The maximum absolute atomic E-state index is 6.61. The van der Waals surface area contributed by atoms with E-state index in [1.165, 1.54) is 0 Å². The predicted molar refractivity (Wildman–Crippen MR) is 126 cm³/mol. The standard InChI is InChI=1S/C22H46O4Si2/c1-15-19(26-27(10,11)12)24-20(16(2)3)17(4)21(23-9)18(5)25-28(13,14)22(6,7)8/h15,17-18,20-21H,2H2,1,3-14H3/b19-15-/t17-,18-,20+,21-/m1/s1. The molecule has 0 aliphatic carbocycles. The number of methoxy groups -OCH3 is 1. The molecule has 0 aromatic carbocycles. The van der Waals surface area contributed by atoms with Gasteiger partial charge in [0.2, 0.25) is 8.32 Å². The molecule has 0 bridgehead atoms. The monoisotopic (exact) mass is 430 g/mol. The molecule has 4 atom stereocenters. The molecular formula is C22H46O4Si2.